The van der Waals surface area contributed by atoms with Gasteiger partial charge in [0.2, 0.25) is 10.0 Å². The zero-order chi connectivity index (χ0) is 17.0. The fraction of sp³-hybridized carbons (Fsp3) is 0.647. The molecule has 4 nitrogen and oxygen atoms in total. The zero-order valence-corrected chi connectivity index (χ0v) is 15.7. The molecule has 0 radical (unpaired) electrons. The summed E-state index contributed by atoms with van der Waals surface area (Å²) in [5, 5.41) is 0.449. The van der Waals surface area contributed by atoms with Gasteiger partial charge < -0.3 is 4.74 Å². The van der Waals surface area contributed by atoms with Crippen LogP contribution in [0.1, 0.15) is 51.0 Å². The highest BCUT2D eigenvalue weighted by molar-refractivity contribution is 7.89. The monoisotopic (exact) mass is 359 g/mol. The summed E-state index contributed by atoms with van der Waals surface area (Å²) in [5.74, 6) is 0.399. The molecule has 0 N–H and O–H groups in total. The van der Waals surface area contributed by atoms with E-state index < -0.39 is 10.0 Å². The summed E-state index contributed by atoms with van der Waals surface area (Å²) in [6.45, 7) is 4.32. The summed E-state index contributed by atoms with van der Waals surface area (Å²) in [7, 11) is -1.95. The van der Waals surface area contributed by atoms with Gasteiger partial charge in [-0.2, -0.15) is 4.31 Å². The minimum absolute atomic E-state index is 0.0628. The van der Waals surface area contributed by atoms with E-state index in [0.29, 0.717) is 17.4 Å². The number of hydrogen-bond donors (Lipinski definition) is 0. The Hall–Kier alpha value is -0.780. The average molecular weight is 360 g/mol. The van der Waals surface area contributed by atoms with Crippen molar-refractivity contribution in [1.82, 2.24) is 4.31 Å². The fourth-order valence-electron chi connectivity index (χ4n) is 2.96. The highest BCUT2D eigenvalue weighted by Crippen LogP contribution is 2.34. The SMILES string of the molecule is CCCOc1cc(C)c(Cl)cc1S(=O)(=O)N(C)C1CCCCC1. The smallest absolute Gasteiger partial charge is 0.246 e. The van der Waals surface area contributed by atoms with E-state index in [1.807, 2.05) is 13.8 Å². The maximum absolute atomic E-state index is 13.1. The first-order chi connectivity index (χ1) is 10.9. The average Bonchev–Trinajstić information content (AvgIpc) is 2.55. The molecule has 6 heteroatoms. The fourth-order valence-corrected chi connectivity index (χ4v) is 4.74. The number of hydrogen-bond acceptors (Lipinski definition) is 3. The van der Waals surface area contributed by atoms with E-state index in [1.54, 1.807) is 13.1 Å². The number of halogens is 1. The topological polar surface area (TPSA) is 46.6 Å². The largest absolute Gasteiger partial charge is 0.492 e. The predicted octanol–water partition coefficient (Wildman–Crippen LogP) is 4.39. The van der Waals surface area contributed by atoms with E-state index in [4.69, 9.17) is 16.3 Å². The summed E-state index contributed by atoms with van der Waals surface area (Å²) in [6.07, 6.45) is 6.00. The third-order valence-electron chi connectivity index (χ3n) is 4.43. The molecule has 0 aliphatic heterocycles. The first-order valence-electron chi connectivity index (χ1n) is 8.29. The van der Waals surface area contributed by atoms with Gasteiger partial charge in [0.1, 0.15) is 10.6 Å². The van der Waals surface area contributed by atoms with Gasteiger partial charge in [-0.3, -0.25) is 0 Å². The summed E-state index contributed by atoms with van der Waals surface area (Å²) in [5.41, 5.74) is 0.817. The standard InChI is InChI=1S/C17H26ClNO3S/c1-4-10-22-16-11-13(2)15(18)12-17(16)23(20,21)19(3)14-8-6-5-7-9-14/h11-12,14H,4-10H2,1-3H3. The molecule has 0 unspecified atom stereocenters. The van der Waals surface area contributed by atoms with Crippen molar-refractivity contribution in [2.75, 3.05) is 13.7 Å². The van der Waals surface area contributed by atoms with E-state index in [2.05, 4.69) is 0 Å². The highest BCUT2D eigenvalue weighted by atomic mass is 35.5. The van der Waals surface area contributed by atoms with Crippen LogP contribution >= 0.6 is 11.6 Å². The van der Waals surface area contributed by atoms with Crippen molar-refractivity contribution < 1.29 is 13.2 Å². The van der Waals surface area contributed by atoms with E-state index in [-0.39, 0.29) is 10.9 Å². The second-order valence-electron chi connectivity index (χ2n) is 6.21. The third-order valence-corrected chi connectivity index (χ3v) is 6.77. The van der Waals surface area contributed by atoms with Crippen LogP contribution in [0.2, 0.25) is 5.02 Å². The minimum Gasteiger partial charge on any atom is -0.492 e. The molecule has 0 aromatic heterocycles. The number of aryl methyl sites for hydroxylation is 1. The Morgan fingerprint density at radius 2 is 1.91 bits per heavy atom. The number of sulfonamides is 1. The van der Waals surface area contributed by atoms with Crippen LogP contribution in [0.25, 0.3) is 0 Å². The summed E-state index contributed by atoms with van der Waals surface area (Å²) >= 11 is 6.18. The van der Waals surface area contributed by atoms with Gasteiger partial charge in [-0.05, 0) is 43.9 Å². The van der Waals surface area contributed by atoms with Crippen molar-refractivity contribution in [1.29, 1.82) is 0 Å². The molecule has 0 bridgehead atoms. The van der Waals surface area contributed by atoms with Crippen LogP contribution in [0.3, 0.4) is 0 Å². The Kier molecular flexibility index (Phi) is 6.34. The zero-order valence-electron chi connectivity index (χ0n) is 14.1. The first kappa shape index (κ1) is 18.6. The van der Waals surface area contributed by atoms with Gasteiger partial charge >= 0.3 is 0 Å². The van der Waals surface area contributed by atoms with Crippen LogP contribution in [0.15, 0.2) is 17.0 Å². The second-order valence-corrected chi connectivity index (χ2v) is 8.58. The molecule has 0 amide bonds. The van der Waals surface area contributed by atoms with Gasteiger partial charge in [0, 0.05) is 18.1 Å². The molecule has 1 aromatic carbocycles. The van der Waals surface area contributed by atoms with E-state index in [1.165, 1.54) is 16.8 Å². The Morgan fingerprint density at radius 1 is 1.26 bits per heavy atom. The first-order valence-corrected chi connectivity index (χ1v) is 10.1. The lowest BCUT2D eigenvalue weighted by Gasteiger charge is -2.31. The molecule has 2 rings (SSSR count). The van der Waals surface area contributed by atoms with Crippen LogP contribution in [0.4, 0.5) is 0 Å². The Labute approximate surface area is 144 Å². The van der Waals surface area contributed by atoms with Gasteiger partial charge in [-0.15, -0.1) is 0 Å². The highest BCUT2D eigenvalue weighted by Gasteiger charge is 2.31. The van der Waals surface area contributed by atoms with E-state index >= 15 is 0 Å². The van der Waals surface area contributed by atoms with Gasteiger partial charge in [-0.1, -0.05) is 37.8 Å². The lowest BCUT2D eigenvalue weighted by atomic mass is 9.96. The minimum atomic E-state index is -3.62. The molecule has 0 saturated heterocycles. The number of benzene rings is 1. The predicted molar refractivity (Wildman–Crippen MR) is 93.8 cm³/mol. The van der Waals surface area contributed by atoms with Crippen LogP contribution in [0, 0.1) is 6.92 Å². The Morgan fingerprint density at radius 3 is 2.52 bits per heavy atom. The van der Waals surface area contributed by atoms with Crippen LogP contribution in [0.5, 0.6) is 5.75 Å². The Balaban J connectivity index is 2.38. The van der Waals surface area contributed by atoms with Crippen molar-refractivity contribution in [2.45, 2.75) is 63.3 Å². The number of nitrogens with zero attached hydrogens (tertiary/aromatic N) is 1. The third kappa shape index (κ3) is 4.20. The molecular formula is C17H26ClNO3S. The van der Waals surface area contributed by atoms with Crippen LogP contribution < -0.4 is 4.74 Å². The molecule has 0 spiro atoms. The van der Waals surface area contributed by atoms with Gasteiger partial charge in [0.25, 0.3) is 0 Å². The quantitative estimate of drug-likeness (QED) is 0.756. The van der Waals surface area contributed by atoms with Gasteiger partial charge in [-0.25, -0.2) is 8.42 Å². The maximum Gasteiger partial charge on any atom is 0.246 e. The molecule has 1 fully saturated rings. The summed E-state index contributed by atoms with van der Waals surface area (Å²) in [6, 6.07) is 3.31. The summed E-state index contributed by atoms with van der Waals surface area (Å²) in [4.78, 5) is 0.176. The van der Waals surface area contributed by atoms with Crippen molar-refractivity contribution >= 4 is 21.6 Å². The van der Waals surface area contributed by atoms with Crippen molar-refractivity contribution in [3.8, 4) is 5.75 Å². The molecule has 0 heterocycles. The number of rotatable bonds is 6. The molecule has 1 saturated carbocycles. The van der Waals surface area contributed by atoms with Gasteiger partial charge in [0.05, 0.1) is 6.61 Å². The lowest BCUT2D eigenvalue weighted by Crippen LogP contribution is -2.38. The van der Waals surface area contributed by atoms with Gasteiger partial charge in [0.15, 0.2) is 0 Å². The summed E-state index contributed by atoms with van der Waals surface area (Å²) < 4.78 is 33.3. The second kappa shape index (κ2) is 7.86. The molecule has 1 aliphatic rings. The van der Waals surface area contributed by atoms with Crippen molar-refractivity contribution in [2.24, 2.45) is 0 Å². The van der Waals surface area contributed by atoms with E-state index in [9.17, 15) is 8.42 Å². The molecule has 1 aliphatic carbocycles. The van der Waals surface area contributed by atoms with Crippen molar-refractivity contribution in [3.05, 3.63) is 22.7 Å². The normalized spacial score (nSPS) is 16.7. The molecule has 130 valence electrons. The Bertz CT molecular complexity index is 639. The molecule has 23 heavy (non-hydrogen) atoms. The van der Waals surface area contributed by atoms with Crippen LogP contribution in [-0.2, 0) is 10.0 Å². The maximum atomic E-state index is 13.1. The van der Waals surface area contributed by atoms with E-state index in [0.717, 1.165) is 37.7 Å². The van der Waals surface area contributed by atoms with Crippen molar-refractivity contribution in [3.63, 3.8) is 0 Å². The molecular weight excluding hydrogens is 334 g/mol. The molecule has 1 aromatic rings. The van der Waals surface area contributed by atoms with Crippen LogP contribution in [-0.4, -0.2) is 32.4 Å². The number of ether oxygens (including phenoxy) is 1. The lowest BCUT2D eigenvalue weighted by molar-refractivity contribution is 0.281. The molecule has 0 atom stereocenters.